The van der Waals surface area contributed by atoms with Crippen LogP contribution >= 0.6 is 0 Å². The average molecular weight is 250 g/mol. The number of para-hydroxylation sites is 1. The lowest BCUT2D eigenvalue weighted by Gasteiger charge is -2.05. The number of halogens is 1. The van der Waals surface area contributed by atoms with Gasteiger partial charge in [0.25, 0.3) is 0 Å². The lowest BCUT2D eigenvalue weighted by atomic mass is 10.2. The third-order valence-corrected chi connectivity index (χ3v) is 2.73. The van der Waals surface area contributed by atoms with E-state index < -0.39 is 5.82 Å². The molecule has 0 fully saturated rings. The molecule has 1 aromatic heterocycles. The first-order valence-corrected chi connectivity index (χ1v) is 5.68. The molecular weight excluding hydrogens is 235 g/mol. The summed E-state index contributed by atoms with van der Waals surface area (Å²) in [4.78, 5) is 4.22. The Hall–Kier alpha value is -1.88. The molecule has 2 rings (SSSR count). The number of rotatable bonds is 4. The molecule has 0 aliphatic carbocycles. The molecule has 1 aromatic carbocycles. The number of phenolic OH excluding ortho intramolecular Hbond substituents is 1. The van der Waals surface area contributed by atoms with Gasteiger partial charge in [-0.15, -0.1) is 0 Å². The molecule has 0 atom stereocenters. The Kier molecular flexibility index (Phi) is 3.62. The third-order valence-electron chi connectivity index (χ3n) is 2.73. The van der Waals surface area contributed by atoms with Crippen LogP contribution in [0.1, 0.15) is 22.9 Å². The van der Waals surface area contributed by atoms with Gasteiger partial charge in [0.05, 0.1) is 12.2 Å². The molecule has 0 unspecified atom stereocenters. The molecule has 2 aromatic rings. The Morgan fingerprint density at radius 3 is 2.78 bits per heavy atom. The summed E-state index contributed by atoms with van der Waals surface area (Å²) in [5.74, 6) is 0.447. The number of hydrogen-bond acceptors (Lipinski definition) is 4. The van der Waals surface area contributed by atoms with Crippen molar-refractivity contribution < 1.29 is 13.9 Å². The van der Waals surface area contributed by atoms with Crippen LogP contribution in [0.25, 0.3) is 0 Å². The summed E-state index contributed by atoms with van der Waals surface area (Å²) in [7, 11) is 0. The van der Waals surface area contributed by atoms with Crippen LogP contribution in [-0.4, -0.2) is 10.1 Å². The summed E-state index contributed by atoms with van der Waals surface area (Å²) < 4.78 is 18.5. The highest BCUT2D eigenvalue weighted by Crippen LogP contribution is 2.20. The van der Waals surface area contributed by atoms with Crippen LogP contribution < -0.4 is 5.32 Å². The van der Waals surface area contributed by atoms with Gasteiger partial charge >= 0.3 is 0 Å². The fourth-order valence-corrected chi connectivity index (χ4v) is 1.62. The fraction of sp³-hybridized carbons (Fsp3) is 0.308. The lowest BCUT2D eigenvalue weighted by Crippen LogP contribution is -2.13. The Balaban J connectivity index is 1.94. The number of aromatic nitrogens is 1. The highest BCUT2D eigenvalue weighted by atomic mass is 19.1. The largest absolute Gasteiger partial charge is 0.505 e. The van der Waals surface area contributed by atoms with E-state index in [4.69, 9.17) is 4.42 Å². The molecule has 0 bridgehead atoms. The maximum absolute atomic E-state index is 13.1. The van der Waals surface area contributed by atoms with Gasteiger partial charge in [-0.1, -0.05) is 12.1 Å². The zero-order valence-corrected chi connectivity index (χ0v) is 10.3. The zero-order valence-electron chi connectivity index (χ0n) is 10.3. The molecule has 0 amide bonds. The smallest absolute Gasteiger partial charge is 0.208 e. The molecule has 0 saturated carbocycles. The first-order chi connectivity index (χ1) is 8.58. The molecule has 1 heterocycles. The maximum atomic E-state index is 13.1. The molecule has 5 heteroatoms. The minimum atomic E-state index is -0.614. The van der Waals surface area contributed by atoms with E-state index in [1.807, 2.05) is 13.8 Å². The molecule has 4 nitrogen and oxygen atoms in total. The Labute approximate surface area is 104 Å². The standard InChI is InChI=1S/C13H15FN2O2/c1-8-9(2)18-12(16-8)7-15-6-10-4-3-5-11(14)13(10)17/h3-5,15,17H,6-7H2,1-2H3. The van der Waals surface area contributed by atoms with Crippen molar-refractivity contribution in [2.75, 3.05) is 0 Å². The normalized spacial score (nSPS) is 10.8. The first-order valence-electron chi connectivity index (χ1n) is 5.68. The summed E-state index contributed by atoms with van der Waals surface area (Å²) in [6.45, 7) is 4.51. The van der Waals surface area contributed by atoms with E-state index in [9.17, 15) is 9.50 Å². The van der Waals surface area contributed by atoms with E-state index in [-0.39, 0.29) is 5.75 Å². The van der Waals surface area contributed by atoms with Crippen molar-refractivity contribution in [3.8, 4) is 5.75 Å². The SMILES string of the molecule is Cc1nc(CNCc2cccc(F)c2O)oc1C. The summed E-state index contributed by atoms with van der Waals surface area (Å²) in [6.07, 6.45) is 0. The summed E-state index contributed by atoms with van der Waals surface area (Å²) in [6, 6.07) is 4.45. The molecule has 0 radical (unpaired) electrons. The number of nitrogens with zero attached hydrogens (tertiary/aromatic N) is 1. The number of aromatic hydroxyl groups is 1. The minimum Gasteiger partial charge on any atom is -0.505 e. The predicted octanol–water partition coefficient (Wildman–Crippen LogP) is 2.43. The molecule has 0 aliphatic rings. The molecule has 0 aliphatic heterocycles. The molecular formula is C13H15FN2O2. The van der Waals surface area contributed by atoms with Gasteiger partial charge in [0, 0.05) is 12.1 Å². The Morgan fingerprint density at radius 1 is 1.33 bits per heavy atom. The number of aryl methyl sites for hydroxylation is 2. The quantitative estimate of drug-likeness (QED) is 0.875. The van der Waals surface area contributed by atoms with Gasteiger partial charge in [0.2, 0.25) is 5.89 Å². The van der Waals surface area contributed by atoms with E-state index in [0.29, 0.717) is 24.5 Å². The Morgan fingerprint density at radius 2 is 2.11 bits per heavy atom. The second-order valence-electron chi connectivity index (χ2n) is 4.10. The van der Waals surface area contributed by atoms with Gasteiger partial charge in [0.1, 0.15) is 5.76 Å². The monoisotopic (exact) mass is 250 g/mol. The van der Waals surface area contributed by atoms with Crippen molar-refractivity contribution in [2.45, 2.75) is 26.9 Å². The predicted molar refractivity (Wildman–Crippen MR) is 64.6 cm³/mol. The van der Waals surface area contributed by atoms with Crippen LogP contribution in [0.4, 0.5) is 4.39 Å². The van der Waals surface area contributed by atoms with Crippen LogP contribution in [0.3, 0.4) is 0 Å². The first kappa shape index (κ1) is 12.6. The van der Waals surface area contributed by atoms with E-state index in [2.05, 4.69) is 10.3 Å². The topological polar surface area (TPSA) is 58.3 Å². The van der Waals surface area contributed by atoms with Gasteiger partial charge in [-0.25, -0.2) is 9.37 Å². The third kappa shape index (κ3) is 2.68. The highest BCUT2D eigenvalue weighted by Gasteiger charge is 2.08. The van der Waals surface area contributed by atoms with Gasteiger partial charge in [0.15, 0.2) is 11.6 Å². The summed E-state index contributed by atoms with van der Waals surface area (Å²) >= 11 is 0. The number of benzene rings is 1. The van der Waals surface area contributed by atoms with E-state index in [1.54, 1.807) is 12.1 Å². The fourth-order valence-electron chi connectivity index (χ4n) is 1.62. The number of hydrogen-bond donors (Lipinski definition) is 2. The number of oxazole rings is 1. The van der Waals surface area contributed by atoms with Crippen LogP contribution in [0.15, 0.2) is 22.6 Å². The van der Waals surface area contributed by atoms with E-state index >= 15 is 0 Å². The molecule has 96 valence electrons. The molecule has 0 saturated heterocycles. The summed E-state index contributed by atoms with van der Waals surface area (Å²) in [5.41, 5.74) is 1.37. The van der Waals surface area contributed by atoms with Crippen molar-refractivity contribution in [3.63, 3.8) is 0 Å². The van der Waals surface area contributed by atoms with Gasteiger partial charge < -0.3 is 14.8 Å². The van der Waals surface area contributed by atoms with Crippen molar-refractivity contribution in [2.24, 2.45) is 0 Å². The van der Waals surface area contributed by atoms with Crippen LogP contribution in [0.5, 0.6) is 5.75 Å². The van der Waals surface area contributed by atoms with Crippen LogP contribution in [0, 0.1) is 19.7 Å². The van der Waals surface area contributed by atoms with Gasteiger partial charge in [-0.3, -0.25) is 0 Å². The van der Waals surface area contributed by atoms with Crippen molar-refractivity contribution >= 4 is 0 Å². The number of nitrogens with one attached hydrogen (secondary N) is 1. The van der Waals surface area contributed by atoms with E-state index in [1.165, 1.54) is 6.07 Å². The second kappa shape index (κ2) is 5.18. The minimum absolute atomic E-state index is 0.315. The highest BCUT2D eigenvalue weighted by molar-refractivity contribution is 5.33. The second-order valence-corrected chi connectivity index (χ2v) is 4.10. The summed E-state index contributed by atoms with van der Waals surface area (Å²) in [5, 5.41) is 12.5. The van der Waals surface area contributed by atoms with Gasteiger partial charge in [-0.2, -0.15) is 0 Å². The Bertz CT molecular complexity index is 532. The van der Waals surface area contributed by atoms with E-state index in [0.717, 1.165) is 11.5 Å². The molecule has 18 heavy (non-hydrogen) atoms. The zero-order chi connectivity index (χ0) is 13.1. The van der Waals surface area contributed by atoms with Crippen LogP contribution in [0.2, 0.25) is 0 Å². The molecule has 2 N–H and O–H groups in total. The van der Waals surface area contributed by atoms with Crippen LogP contribution in [-0.2, 0) is 13.1 Å². The number of phenols is 1. The van der Waals surface area contributed by atoms with Crippen molar-refractivity contribution in [3.05, 3.63) is 46.9 Å². The molecule has 0 spiro atoms. The lowest BCUT2D eigenvalue weighted by molar-refractivity contribution is 0.418. The van der Waals surface area contributed by atoms with Crippen molar-refractivity contribution in [1.29, 1.82) is 0 Å². The average Bonchev–Trinajstić information content (AvgIpc) is 2.64. The van der Waals surface area contributed by atoms with Gasteiger partial charge in [-0.05, 0) is 19.9 Å². The maximum Gasteiger partial charge on any atom is 0.208 e. The van der Waals surface area contributed by atoms with Crippen molar-refractivity contribution in [1.82, 2.24) is 10.3 Å².